The molecule has 1 aromatic rings. The standard InChI is InChI=1S/C13H18ClN3O4S/c1-17(9-5-3-2-4-6-9)11(18)8-22(20,21)13-12(19)15-7-10(14)16-13/h7,9H,2-6,8H2,1H3,(H,15,19). The Labute approximate surface area is 133 Å². The number of nitrogens with one attached hydrogen (secondary N) is 1. The van der Waals surface area contributed by atoms with E-state index < -0.39 is 32.1 Å². The van der Waals surface area contributed by atoms with Crippen molar-refractivity contribution in [1.82, 2.24) is 14.9 Å². The smallest absolute Gasteiger partial charge is 0.285 e. The molecule has 2 rings (SSSR count). The van der Waals surface area contributed by atoms with Gasteiger partial charge in [0.25, 0.3) is 5.56 Å². The summed E-state index contributed by atoms with van der Waals surface area (Å²) in [5.74, 6) is -1.32. The number of aromatic amines is 1. The molecule has 1 aliphatic rings. The predicted octanol–water partition coefficient (Wildman–Crippen LogP) is 0.988. The number of sulfone groups is 1. The summed E-state index contributed by atoms with van der Waals surface area (Å²) in [4.78, 5) is 31.0. The Hall–Kier alpha value is -1.41. The Bertz CT molecular complexity index is 710. The molecule has 1 heterocycles. The Kier molecular flexibility index (Phi) is 5.23. The van der Waals surface area contributed by atoms with E-state index in [-0.39, 0.29) is 11.2 Å². The molecule has 9 heteroatoms. The van der Waals surface area contributed by atoms with Crippen molar-refractivity contribution in [3.63, 3.8) is 0 Å². The second kappa shape index (κ2) is 6.78. The SMILES string of the molecule is CN(C(=O)CS(=O)(=O)c1nc(Cl)c[nH]c1=O)C1CCCCC1. The molecule has 1 saturated carbocycles. The fourth-order valence-corrected chi connectivity index (χ4v) is 4.02. The molecule has 1 fully saturated rings. The normalized spacial score (nSPS) is 16.5. The molecule has 0 saturated heterocycles. The predicted molar refractivity (Wildman–Crippen MR) is 81.6 cm³/mol. The minimum absolute atomic E-state index is 0.0575. The summed E-state index contributed by atoms with van der Waals surface area (Å²) in [6.45, 7) is 0. The lowest BCUT2D eigenvalue weighted by molar-refractivity contribution is -0.129. The van der Waals surface area contributed by atoms with Crippen molar-refractivity contribution in [3.05, 3.63) is 21.7 Å². The van der Waals surface area contributed by atoms with Crippen molar-refractivity contribution >= 4 is 27.3 Å². The molecular weight excluding hydrogens is 330 g/mol. The monoisotopic (exact) mass is 347 g/mol. The van der Waals surface area contributed by atoms with Gasteiger partial charge in [0.15, 0.2) is 0 Å². The molecule has 0 atom stereocenters. The van der Waals surface area contributed by atoms with Gasteiger partial charge < -0.3 is 9.88 Å². The zero-order valence-corrected chi connectivity index (χ0v) is 13.8. The fraction of sp³-hybridized carbons (Fsp3) is 0.615. The first-order chi connectivity index (χ1) is 10.3. The highest BCUT2D eigenvalue weighted by Crippen LogP contribution is 2.22. The highest BCUT2D eigenvalue weighted by atomic mass is 35.5. The molecule has 7 nitrogen and oxygen atoms in total. The molecule has 0 aliphatic heterocycles. The van der Waals surface area contributed by atoms with Crippen LogP contribution in [0.4, 0.5) is 0 Å². The van der Waals surface area contributed by atoms with Crippen LogP contribution in [0.25, 0.3) is 0 Å². The Morgan fingerprint density at radius 1 is 1.41 bits per heavy atom. The summed E-state index contributed by atoms with van der Waals surface area (Å²) in [5, 5.41) is -0.864. The number of rotatable bonds is 4. The number of hydrogen-bond acceptors (Lipinski definition) is 5. The lowest BCUT2D eigenvalue weighted by Crippen LogP contribution is -2.41. The summed E-state index contributed by atoms with van der Waals surface area (Å²) in [6.07, 6.45) is 6.04. The van der Waals surface area contributed by atoms with E-state index in [0.29, 0.717) is 0 Å². The van der Waals surface area contributed by atoms with Gasteiger partial charge >= 0.3 is 0 Å². The maximum atomic E-state index is 12.2. The second-order valence-electron chi connectivity index (χ2n) is 5.41. The number of carbonyl (C=O) groups excluding carboxylic acids is 1. The summed E-state index contributed by atoms with van der Waals surface area (Å²) in [7, 11) is -2.53. The van der Waals surface area contributed by atoms with Crippen molar-refractivity contribution in [3.8, 4) is 0 Å². The second-order valence-corrected chi connectivity index (χ2v) is 7.71. The van der Waals surface area contributed by atoms with Gasteiger partial charge in [-0.2, -0.15) is 0 Å². The number of halogens is 1. The number of H-pyrrole nitrogens is 1. The Morgan fingerprint density at radius 3 is 2.68 bits per heavy atom. The largest absolute Gasteiger partial charge is 0.342 e. The van der Waals surface area contributed by atoms with Crippen LogP contribution >= 0.6 is 11.6 Å². The van der Waals surface area contributed by atoms with Gasteiger partial charge in [0, 0.05) is 19.3 Å². The first kappa shape index (κ1) is 17.0. The van der Waals surface area contributed by atoms with Crippen LogP contribution in [-0.2, 0) is 14.6 Å². The van der Waals surface area contributed by atoms with Crippen LogP contribution in [0, 0.1) is 0 Å². The summed E-state index contributed by atoms with van der Waals surface area (Å²) in [5.41, 5.74) is -0.877. The van der Waals surface area contributed by atoms with Crippen LogP contribution in [0.3, 0.4) is 0 Å². The molecular formula is C13H18ClN3O4S. The number of hydrogen-bond donors (Lipinski definition) is 1. The molecule has 0 aromatic carbocycles. The molecule has 122 valence electrons. The number of carbonyl (C=O) groups is 1. The molecule has 0 bridgehead atoms. The molecule has 1 aromatic heterocycles. The molecule has 0 unspecified atom stereocenters. The minimum Gasteiger partial charge on any atom is -0.342 e. The lowest BCUT2D eigenvalue weighted by Gasteiger charge is -2.31. The van der Waals surface area contributed by atoms with Crippen molar-refractivity contribution in [1.29, 1.82) is 0 Å². The molecule has 22 heavy (non-hydrogen) atoms. The molecule has 1 N–H and O–H groups in total. The molecule has 1 amide bonds. The third kappa shape index (κ3) is 3.86. The maximum Gasteiger partial charge on any atom is 0.285 e. The van der Waals surface area contributed by atoms with Crippen molar-refractivity contribution in [2.24, 2.45) is 0 Å². The van der Waals surface area contributed by atoms with Gasteiger partial charge in [-0.25, -0.2) is 13.4 Å². The number of amides is 1. The molecule has 0 radical (unpaired) electrons. The van der Waals surface area contributed by atoms with Gasteiger partial charge in [-0.1, -0.05) is 30.9 Å². The Balaban J connectivity index is 2.15. The lowest BCUT2D eigenvalue weighted by atomic mass is 9.94. The van der Waals surface area contributed by atoms with Gasteiger partial charge in [0.1, 0.15) is 10.9 Å². The van der Waals surface area contributed by atoms with Crippen LogP contribution in [-0.4, -0.2) is 48.0 Å². The van der Waals surface area contributed by atoms with Gasteiger partial charge in [0.2, 0.25) is 20.8 Å². The van der Waals surface area contributed by atoms with E-state index >= 15 is 0 Å². The van der Waals surface area contributed by atoms with Gasteiger partial charge in [-0.3, -0.25) is 9.59 Å². The number of aromatic nitrogens is 2. The van der Waals surface area contributed by atoms with Crippen molar-refractivity contribution in [2.75, 3.05) is 12.8 Å². The van der Waals surface area contributed by atoms with Crippen LogP contribution in [0.1, 0.15) is 32.1 Å². The van der Waals surface area contributed by atoms with Crippen LogP contribution < -0.4 is 5.56 Å². The van der Waals surface area contributed by atoms with Crippen LogP contribution in [0.5, 0.6) is 0 Å². The van der Waals surface area contributed by atoms with Gasteiger partial charge in [-0.05, 0) is 12.8 Å². The summed E-state index contributed by atoms with van der Waals surface area (Å²) < 4.78 is 24.4. The van der Waals surface area contributed by atoms with Gasteiger partial charge in [0.05, 0.1) is 0 Å². The summed E-state index contributed by atoms with van der Waals surface area (Å²) >= 11 is 5.60. The topological polar surface area (TPSA) is 100 Å². The summed E-state index contributed by atoms with van der Waals surface area (Å²) in [6, 6.07) is 0.0575. The van der Waals surface area contributed by atoms with E-state index in [1.807, 2.05) is 0 Å². The third-order valence-electron chi connectivity index (χ3n) is 3.85. The third-order valence-corrected chi connectivity index (χ3v) is 5.54. The zero-order valence-electron chi connectivity index (χ0n) is 12.2. The quantitative estimate of drug-likeness (QED) is 0.875. The van der Waals surface area contributed by atoms with Crippen molar-refractivity contribution < 1.29 is 13.2 Å². The van der Waals surface area contributed by atoms with Crippen LogP contribution in [0.15, 0.2) is 16.0 Å². The average Bonchev–Trinajstić information content (AvgIpc) is 2.49. The van der Waals surface area contributed by atoms with E-state index in [9.17, 15) is 18.0 Å². The highest BCUT2D eigenvalue weighted by molar-refractivity contribution is 7.92. The van der Waals surface area contributed by atoms with Crippen molar-refractivity contribution in [2.45, 2.75) is 43.2 Å². The fourth-order valence-electron chi connectivity index (χ4n) is 2.58. The zero-order chi connectivity index (χ0) is 16.3. The van der Waals surface area contributed by atoms with E-state index in [4.69, 9.17) is 11.6 Å². The first-order valence-electron chi connectivity index (χ1n) is 7.05. The van der Waals surface area contributed by atoms with E-state index in [1.165, 1.54) is 4.90 Å². The van der Waals surface area contributed by atoms with Gasteiger partial charge in [-0.15, -0.1) is 0 Å². The molecule has 1 aliphatic carbocycles. The van der Waals surface area contributed by atoms with E-state index in [1.54, 1.807) is 7.05 Å². The average molecular weight is 348 g/mol. The van der Waals surface area contributed by atoms with E-state index in [2.05, 4.69) is 9.97 Å². The number of nitrogens with zero attached hydrogens (tertiary/aromatic N) is 2. The first-order valence-corrected chi connectivity index (χ1v) is 9.08. The Morgan fingerprint density at radius 2 is 2.05 bits per heavy atom. The molecule has 0 spiro atoms. The minimum atomic E-state index is -4.13. The highest BCUT2D eigenvalue weighted by Gasteiger charge is 2.29. The maximum absolute atomic E-state index is 12.2. The van der Waals surface area contributed by atoms with E-state index in [0.717, 1.165) is 38.3 Å². The van der Waals surface area contributed by atoms with Crippen LogP contribution in [0.2, 0.25) is 5.15 Å².